The second kappa shape index (κ2) is 5.41. The number of nitrogens with two attached hydrogens (primary N) is 1. The van der Waals surface area contributed by atoms with Crippen LogP contribution in [0.15, 0.2) is 24.3 Å². The lowest BCUT2D eigenvalue weighted by atomic mass is 10.1. The van der Waals surface area contributed by atoms with Crippen LogP contribution in [0.2, 0.25) is 0 Å². The molecule has 0 aromatic heterocycles. The summed E-state index contributed by atoms with van der Waals surface area (Å²) in [7, 11) is 0. The van der Waals surface area contributed by atoms with Crippen LogP contribution in [0.3, 0.4) is 0 Å². The summed E-state index contributed by atoms with van der Waals surface area (Å²) in [5.41, 5.74) is 7.13. The number of para-hydroxylation sites is 2. The molecule has 0 amide bonds. The predicted octanol–water partition coefficient (Wildman–Crippen LogP) is 2.77. The topological polar surface area (TPSA) is 47.3 Å². The van der Waals surface area contributed by atoms with E-state index in [1.54, 1.807) is 0 Å². The van der Waals surface area contributed by atoms with E-state index in [-0.39, 0.29) is 12.1 Å². The van der Waals surface area contributed by atoms with Gasteiger partial charge >= 0.3 is 0 Å². The lowest BCUT2D eigenvalue weighted by molar-refractivity contribution is 0.243. The second-order valence-electron chi connectivity index (χ2n) is 5.01. The first-order valence-electron chi connectivity index (χ1n) is 6.44. The highest BCUT2D eigenvalue weighted by Crippen LogP contribution is 2.29. The Kier molecular flexibility index (Phi) is 3.89. The van der Waals surface area contributed by atoms with Crippen molar-refractivity contribution in [3.63, 3.8) is 0 Å². The van der Waals surface area contributed by atoms with E-state index < -0.39 is 0 Å². The normalized spacial score (nSPS) is 24.0. The standard InChI is InChI=1S/C14H22N2O/c1-10(2)17-14-9-4-3-7-13(14)16-12-8-5-6-11(12)15/h3-4,7,9-12,16H,5-6,8,15H2,1-2H3. The van der Waals surface area contributed by atoms with Crippen molar-refractivity contribution in [3.8, 4) is 5.75 Å². The molecule has 2 unspecified atom stereocenters. The molecule has 94 valence electrons. The Balaban J connectivity index is 2.09. The van der Waals surface area contributed by atoms with Crippen LogP contribution < -0.4 is 15.8 Å². The Labute approximate surface area is 103 Å². The molecule has 1 aliphatic carbocycles. The van der Waals surface area contributed by atoms with Crippen molar-refractivity contribution in [3.05, 3.63) is 24.3 Å². The highest BCUT2D eigenvalue weighted by atomic mass is 16.5. The van der Waals surface area contributed by atoms with Gasteiger partial charge in [0, 0.05) is 12.1 Å². The van der Waals surface area contributed by atoms with E-state index in [1.807, 2.05) is 32.0 Å². The van der Waals surface area contributed by atoms with Crippen LogP contribution in [-0.4, -0.2) is 18.2 Å². The molecule has 3 heteroatoms. The number of hydrogen-bond donors (Lipinski definition) is 2. The fraction of sp³-hybridized carbons (Fsp3) is 0.571. The zero-order valence-corrected chi connectivity index (χ0v) is 10.6. The summed E-state index contributed by atoms with van der Waals surface area (Å²) < 4.78 is 5.79. The highest BCUT2D eigenvalue weighted by Gasteiger charge is 2.24. The Hall–Kier alpha value is -1.22. The third kappa shape index (κ3) is 3.13. The van der Waals surface area contributed by atoms with Crippen molar-refractivity contribution in [2.75, 3.05) is 5.32 Å². The van der Waals surface area contributed by atoms with E-state index in [4.69, 9.17) is 10.5 Å². The molecule has 3 nitrogen and oxygen atoms in total. The van der Waals surface area contributed by atoms with Gasteiger partial charge < -0.3 is 15.8 Å². The minimum Gasteiger partial charge on any atom is -0.489 e. The summed E-state index contributed by atoms with van der Waals surface area (Å²) in [6, 6.07) is 8.73. The van der Waals surface area contributed by atoms with E-state index in [2.05, 4.69) is 11.4 Å². The predicted molar refractivity (Wildman–Crippen MR) is 71.4 cm³/mol. The molecule has 1 saturated carbocycles. The van der Waals surface area contributed by atoms with E-state index in [0.29, 0.717) is 6.04 Å². The molecule has 1 aliphatic rings. The summed E-state index contributed by atoms with van der Waals surface area (Å²) in [4.78, 5) is 0. The summed E-state index contributed by atoms with van der Waals surface area (Å²) in [5.74, 6) is 0.918. The van der Waals surface area contributed by atoms with Crippen LogP contribution in [0.5, 0.6) is 5.75 Å². The first-order valence-corrected chi connectivity index (χ1v) is 6.44. The Bertz CT molecular complexity index is 365. The summed E-state index contributed by atoms with van der Waals surface area (Å²) in [6.45, 7) is 4.08. The zero-order chi connectivity index (χ0) is 12.3. The zero-order valence-electron chi connectivity index (χ0n) is 10.6. The molecular formula is C14H22N2O. The molecule has 17 heavy (non-hydrogen) atoms. The van der Waals surface area contributed by atoms with Crippen molar-refractivity contribution in [1.82, 2.24) is 0 Å². The molecule has 2 atom stereocenters. The van der Waals surface area contributed by atoms with E-state index in [1.165, 1.54) is 6.42 Å². The van der Waals surface area contributed by atoms with Crippen molar-refractivity contribution < 1.29 is 4.74 Å². The third-order valence-corrected chi connectivity index (χ3v) is 3.16. The maximum Gasteiger partial charge on any atom is 0.142 e. The Morgan fingerprint density at radius 1 is 1.29 bits per heavy atom. The Morgan fingerprint density at radius 2 is 2.06 bits per heavy atom. The second-order valence-corrected chi connectivity index (χ2v) is 5.01. The fourth-order valence-corrected chi connectivity index (χ4v) is 2.31. The average molecular weight is 234 g/mol. The van der Waals surface area contributed by atoms with Crippen LogP contribution >= 0.6 is 0 Å². The van der Waals surface area contributed by atoms with Gasteiger partial charge in [-0.3, -0.25) is 0 Å². The van der Waals surface area contributed by atoms with Gasteiger partial charge in [-0.25, -0.2) is 0 Å². The third-order valence-electron chi connectivity index (χ3n) is 3.16. The van der Waals surface area contributed by atoms with Crippen molar-refractivity contribution in [2.45, 2.75) is 51.3 Å². The minimum atomic E-state index is 0.190. The Morgan fingerprint density at radius 3 is 2.71 bits per heavy atom. The lowest BCUT2D eigenvalue weighted by Crippen LogP contribution is -2.35. The molecule has 0 saturated heterocycles. The van der Waals surface area contributed by atoms with Crippen LogP contribution in [0, 0.1) is 0 Å². The van der Waals surface area contributed by atoms with Gasteiger partial charge in [-0.2, -0.15) is 0 Å². The molecule has 1 aromatic carbocycles. The van der Waals surface area contributed by atoms with Crippen LogP contribution in [0.25, 0.3) is 0 Å². The number of benzene rings is 1. The van der Waals surface area contributed by atoms with Gasteiger partial charge in [-0.05, 0) is 45.2 Å². The first-order chi connectivity index (χ1) is 8.16. The number of hydrogen-bond acceptors (Lipinski definition) is 3. The molecule has 0 radical (unpaired) electrons. The van der Waals surface area contributed by atoms with Gasteiger partial charge in [0.1, 0.15) is 5.75 Å². The maximum absolute atomic E-state index is 6.07. The van der Waals surface area contributed by atoms with Gasteiger partial charge in [-0.15, -0.1) is 0 Å². The summed E-state index contributed by atoms with van der Waals surface area (Å²) >= 11 is 0. The molecule has 0 spiro atoms. The first kappa shape index (κ1) is 12.2. The molecule has 2 rings (SSSR count). The van der Waals surface area contributed by atoms with Crippen LogP contribution in [0.1, 0.15) is 33.1 Å². The van der Waals surface area contributed by atoms with Crippen LogP contribution in [0.4, 0.5) is 5.69 Å². The molecular weight excluding hydrogens is 212 g/mol. The highest BCUT2D eigenvalue weighted by molar-refractivity contribution is 5.57. The maximum atomic E-state index is 6.07. The number of rotatable bonds is 4. The number of ether oxygens (including phenoxy) is 1. The molecule has 1 aromatic rings. The molecule has 0 bridgehead atoms. The van der Waals surface area contributed by atoms with Gasteiger partial charge in [0.25, 0.3) is 0 Å². The molecule has 1 fully saturated rings. The fourth-order valence-electron chi connectivity index (χ4n) is 2.31. The molecule has 0 aliphatic heterocycles. The number of anilines is 1. The van der Waals surface area contributed by atoms with E-state index in [0.717, 1.165) is 24.3 Å². The van der Waals surface area contributed by atoms with Gasteiger partial charge in [0.15, 0.2) is 0 Å². The van der Waals surface area contributed by atoms with Crippen molar-refractivity contribution in [1.29, 1.82) is 0 Å². The smallest absolute Gasteiger partial charge is 0.142 e. The van der Waals surface area contributed by atoms with Crippen molar-refractivity contribution >= 4 is 5.69 Å². The number of nitrogens with one attached hydrogen (secondary N) is 1. The van der Waals surface area contributed by atoms with E-state index >= 15 is 0 Å². The quantitative estimate of drug-likeness (QED) is 0.842. The van der Waals surface area contributed by atoms with Gasteiger partial charge in [0.05, 0.1) is 11.8 Å². The molecule has 3 N–H and O–H groups in total. The molecule has 0 heterocycles. The largest absolute Gasteiger partial charge is 0.489 e. The summed E-state index contributed by atoms with van der Waals surface area (Å²) in [5, 5.41) is 3.51. The average Bonchev–Trinajstić information content (AvgIpc) is 2.67. The monoisotopic (exact) mass is 234 g/mol. The summed E-state index contributed by atoms with van der Waals surface area (Å²) in [6.07, 6.45) is 3.67. The van der Waals surface area contributed by atoms with Gasteiger partial charge in [0.2, 0.25) is 0 Å². The van der Waals surface area contributed by atoms with E-state index in [9.17, 15) is 0 Å². The van der Waals surface area contributed by atoms with Gasteiger partial charge in [-0.1, -0.05) is 12.1 Å². The lowest BCUT2D eigenvalue weighted by Gasteiger charge is -2.21. The van der Waals surface area contributed by atoms with Crippen LogP contribution in [-0.2, 0) is 0 Å². The SMILES string of the molecule is CC(C)Oc1ccccc1NC1CCCC1N. The minimum absolute atomic E-state index is 0.190. The van der Waals surface area contributed by atoms with Crippen molar-refractivity contribution in [2.24, 2.45) is 5.73 Å².